The van der Waals surface area contributed by atoms with E-state index in [9.17, 15) is 4.79 Å². The first-order valence-electron chi connectivity index (χ1n) is 6.80. The van der Waals surface area contributed by atoms with Gasteiger partial charge in [0.2, 0.25) is 0 Å². The van der Waals surface area contributed by atoms with Crippen LogP contribution >= 0.6 is 0 Å². The van der Waals surface area contributed by atoms with Gasteiger partial charge in [-0.2, -0.15) is 0 Å². The van der Waals surface area contributed by atoms with Crippen LogP contribution in [-0.2, 0) is 13.0 Å². The Morgan fingerprint density at radius 3 is 2.89 bits per heavy atom. The van der Waals surface area contributed by atoms with Gasteiger partial charge in [0.1, 0.15) is 0 Å². The molecule has 3 heteroatoms. The highest BCUT2D eigenvalue weighted by Gasteiger charge is 2.23. The van der Waals surface area contributed by atoms with Crippen LogP contribution in [0.5, 0.6) is 0 Å². The Morgan fingerprint density at radius 1 is 1.33 bits per heavy atom. The first-order chi connectivity index (χ1) is 8.72. The summed E-state index contributed by atoms with van der Waals surface area (Å²) in [6.45, 7) is 3.21. The first kappa shape index (κ1) is 11.7. The molecule has 1 aromatic rings. The molecule has 1 aliphatic heterocycles. The molecule has 1 N–H and O–H groups in total. The van der Waals surface area contributed by atoms with Crippen molar-refractivity contribution >= 4 is 5.97 Å². The number of hydrogen-bond acceptors (Lipinski definition) is 2. The molecule has 96 valence electrons. The van der Waals surface area contributed by atoms with Crippen molar-refractivity contribution in [2.75, 3.05) is 13.1 Å². The molecule has 0 atom stereocenters. The number of carbonyl (C=O) groups is 1. The second-order valence-corrected chi connectivity index (χ2v) is 5.55. The van der Waals surface area contributed by atoms with Crippen molar-refractivity contribution in [1.29, 1.82) is 0 Å². The van der Waals surface area contributed by atoms with E-state index in [1.54, 1.807) is 6.07 Å². The minimum atomic E-state index is -0.826. The van der Waals surface area contributed by atoms with Crippen LogP contribution in [0, 0.1) is 5.92 Å². The van der Waals surface area contributed by atoms with Crippen LogP contribution in [0.4, 0.5) is 0 Å². The maximum Gasteiger partial charge on any atom is 0.335 e. The van der Waals surface area contributed by atoms with Crippen molar-refractivity contribution in [1.82, 2.24) is 4.90 Å². The van der Waals surface area contributed by atoms with Crippen LogP contribution in [0.15, 0.2) is 18.2 Å². The molecule has 1 saturated carbocycles. The molecular formula is C15H19NO2. The highest BCUT2D eigenvalue weighted by molar-refractivity contribution is 5.87. The molecule has 0 unspecified atom stereocenters. The van der Waals surface area contributed by atoms with Gasteiger partial charge in [0, 0.05) is 13.1 Å². The molecule has 1 fully saturated rings. The summed E-state index contributed by atoms with van der Waals surface area (Å²) < 4.78 is 0. The summed E-state index contributed by atoms with van der Waals surface area (Å²) in [5.41, 5.74) is 2.94. The molecule has 0 bridgehead atoms. The minimum Gasteiger partial charge on any atom is -0.478 e. The standard InChI is InChI=1S/C15H19NO2/c17-15(18)13-4-3-12-6-8-16(10-14(12)9-13)7-5-11-1-2-11/h3-4,9,11H,1-2,5-8,10H2,(H,17,18). The predicted molar refractivity (Wildman–Crippen MR) is 69.7 cm³/mol. The molecule has 18 heavy (non-hydrogen) atoms. The summed E-state index contributed by atoms with van der Waals surface area (Å²) in [6, 6.07) is 5.55. The minimum absolute atomic E-state index is 0.415. The first-order valence-corrected chi connectivity index (χ1v) is 6.80. The summed E-state index contributed by atoms with van der Waals surface area (Å²) in [4.78, 5) is 13.4. The topological polar surface area (TPSA) is 40.5 Å². The van der Waals surface area contributed by atoms with Crippen molar-refractivity contribution in [3.05, 3.63) is 34.9 Å². The van der Waals surface area contributed by atoms with E-state index in [1.807, 2.05) is 12.1 Å². The van der Waals surface area contributed by atoms with Crippen LogP contribution in [0.3, 0.4) is 0 Å². The van der Waals surface area contributed by atoms with E-state index in [0.717, 1.165) is 25.4 Å². The van der Waals surface area contributed by atoms with Crippen molar-refractivity contribution in [2.24, 2.45) is 5.92 Å². The molecule has 0 radical (unpaired) electrons. The van der Waals surface area contributed by atoms with Gasteiger partial charge >= 0.3 is 5.97 Å². The number of fused-ring (bicyclic) bond motifs is 1. The number of carboxylic acids is 1. The lowest BCUT2D eigenvalue weighted by Crippen LogP contribution is -2.31. The van der Waals surface area contributed by atoms with Crippen LogP contribution in [0.2, 0.25) is 0 Å². The molecule has 0 aromatic heterocycles. The maximum absolute atomic E-state index is 11.0. The van der Waals surface area contributed by atoms with Crippen molar-refractivity contribution in [3.8, 4) is 0 Å². The molecule has 0 spiro atoms. The SMILES string of the molecule is O=C(O)c1ccc2c(c1)CN(CCC1CC1)CC2. The number of aromatic carboxylic acids is 1. The van der Waals surface area contributed by atoms with Crippen LogP contribution in [0.25, 0.3) is 0 Å². The Balaban J connectivity index is 1.69. The Morgan fingerprint density at radius 2 is 2.17 bits per heavy atom. The van der Waals surface area contributed by atoms with Gasteiger partial charge in [0.05, 0.1) is 5.56 Å². The zero-order chi connectivity index (χ0) is 12.5. The molecular weight excluding hydrogens is 226 g/mol. The number of rotatable bonds is 4. The van der Waals surface area contributed by atoms with E-state index in [4.69, 9.17) is 5.11 Å². The van der Waals surface area contributed by atoms with E-state index in [2.05, 4.69) is 4.90 Å². The zero-order valence-electron chi connectivity index (χ0n) is 10.6. The van der Waals surface area contributed by atoms with Gasteiger partial charge in [-0.25, -0.2) is 4.79 Å². The lowest BCUT2D eigenvalue weighted by atomic mass is 9.97. The molecule has 0 saturated heterocycles. The van der Waals surface area contributed by atoms with Crippen molar-refractivity contribution in [2.45, 2.75) is 32.2 Å². The average molecular weight is 245 g/mol. The van der Waals surface area contributed by atoms with Crippen molar-refractivity contribution in [3.63, 3.8) is 0 Å². The Hall–Kier alpha value is -1.35. The van der Waals surface area contributed by atoms with Crippen molar-refractivity contribution < 1.29 is 9.90 Å². The summed E-state index contributed by atoms with van der Waals surface area (Å²) in [5, 5.41) is 9.02. The second kappa shape index (κ2) is 4.73. The number of carboxylic acid groups (broad SMARTS) is 1. The number of nitrogens with zero attached hydrogens (tertiary/aromatic N) is 1. The molecule has 2 aliphatic rings. The predicted octanol–water partition coefficient (Wildman–Crippen LogP) is 2.54. The average Bonchev–Trinajstić information content (AvgIpc) is 3.19. The Bertz CT molecular complexity index is 466. The fourth-order valence-corrected chi connectivity index (χ4v) is 2.71. The molecule has 0 amide bonds. The molecule has 3 rings (SSSR count). The summed E-state index contributed by atoms with van der Waals surface area (Å²) in [6.07, 6.45) is 5.19. The fraction of sp³-hybridized carbons (Fsp3) is 0.533. The third-order valence-corrected chi connectivity index (χ3v) is 4.10. The fourth-order valence-electron chi connectivity index (χ4n) is 2.71. The van der Waals surface area contributed by atoms with Crippen LogP contribution in [0.1, 0.15) is 40.7 Å². The van der Waals surface area contributed by atoms with E-state index >= 15 is 0 Å². The zero-order valence-corrected chi connectivity index (χ0v) is 10.6. The monoisotopic (exact) mass is 245 g/mol. The highest BCUT2D eigenvalue weighted by atomic mass is 16.4. The lowest BCUT2D eigenvalue weighted by molar-refractivity contribution is 0.0696. The molecule has 1 aromatic carbocycles. The van der Waals surface area contributed by atoms with E-state index in [0.29, 0.717) is 5.56 Å². The smallest absolute Gasteiger partial charge is 0.335 e. The quantitative estimate of drug-likeness (QED) is 0.886. The van der Waals surface area contributed by atoms with E-state index < -0.39 is 5.97 Å². The summed E-state index contributed by atoms with van der Waals surface area (Å²) in [5.74, 6) is 0.143. The van der Waals surface area contributed by atoms with Crippen LogP contribution in [-0.4, -0.2) is 29.1 Å². The molecule has 1 heterocycles. The highest BCUT2D eigenvalue weighted by Crippen LogP contribution is 2.33. The Kier molecular flexibility index (Phi) is 3.08. The lowest BCUT2D eigenvalue weighted by Gasteiger charge is -2.28. The summed E-state index contributed by atoms with van der Waals surface area (Å²) in [7, 11) is 0. The third kappa shape index (κ3) is 2.56. The van der Waals surface area contributed by atoms with Gasteiger partial charge in [-0.1, -0.05) is 18.9 Å². The normalized spacial score (nSPS) is 19.6. The van der Waals surface area contributed by atoms with Gasteiger partial charge in [-0.3, -0.25) is 4.90 Å². The summed E-state index contributed by atoms with van der Waals surface area (Å²) >= 11 is 0. The van der Waals surface area contributed by atoms with Gasteiger partial charge in [0.25, 0.3) is 0 Å². The molecule has 1 aliphatic carbocycles. The molecule has 3 nitrogen and oxygen atoms in total. The largest absolute Gasteiger partial charge is 0.478 e. The number of benzene rings is 1. The van der Waals surface area contributed by atoms with E-state index in [-0.39, 0.29) is 0 Å². The second-order valence-electron chi connectivity index (χ2n) is 5.55. The third-order valence-electron chi connectivity index (χ3n) is 4.10. The number of hydrogen-bond donors (Lipinski definition) is 1. The Labute approximate surface area is 107 Å². The maximum atomic E-state index is 11.0. The van der Waals surface area contributed by atoms with Gasteiger partial charge in [0.15, 0.2) is 0 Å². The van der Waals surface area contributed by atoms with Gasteiger partial charge in [-0.15, -0.1) is 0 Å². The van der Waals surface area contributed by atoms with E-state index in [1.165, 1.54) is 36.9 Å². The van der Waals surface area contributed by atoms with Crippen LogP contribution < -0.4 is 0 Å². The van der Waals surface area contributed by atoms with Gasteiger partial charge < -0.3 is 5.11 Å². The van der Waals surface area contributed by atoms with Gasteiger partial charge in [-0.05, 0) is 48.6 Å².